The number of fused-ring (bicyclic) bond motifs is 1. The number of anilines is 1. The molecule has 0 radical (unpaired) electrons. The van der Waals surface area contributed by atoms with Crippen molar-refractivity contribution < 1.29 is 9.53 Å². The molecule has 2 aromatic heterocycles. The Balaban J connectivity index is 1.45. The van der Waals surface area contributed by atoms with Crippen LogP contribution in [0.2, 0.25) is 0 Å². The number of para-hydroxylation sites is 1. The highest BCUT2D eigenvalue weighted by Crippen LogP contribution is 2.29. The number of hydrogen-bond acceptors (Lipinski definition) is 5. The summed E-state index contributed by atoms with van der Waals surface area (Å²) in [6.07, 6.45) is 4.88. The summed E-state index contributed by atoms with van der Waals surface area (Å²) in [4.78, 5) is 16.3. The third kappa shape index (κ3) is 3.51. The summed E-state index contributed by atoms with van der Waals surface area (Å²) in [6.45, 7) is 0.112. The molecule has 2 heterocycles. The molecule has 0 atom stereocenters. The Kier molecular flexibility index (Phi) is 4.26. The number of nitrogens with zero attached hydrogens (tertiary/aromatic N) is 4. The molecule has 0 saturated carbocycles. The van der Waals surface area contributed by atoms with Crippen molar-refractivity contribution in [1.29, 1.82) is 0 Å². The van der Waals surface area contributed by atoms with E-state index in [0.717, 1.165) is 16.7 Å². The lowest BCUT2D eigenvalue weighted by atomic mass is 10.2. The Morgan fingerprint density at radius 3 is 2.69 bits per heavy atom. The van der Waals surface area contributed by atoms with Crippen LogP contribution in [0.4, 0.5) is 5.69 Å². The van der Waals surface area contributed by atoms with Crippen LogP contribution in [-0.4, -0.2) is 25.9 Å². The number of hydrogen-bond donors (Lipinski definition) is 1. The van der Waals surface area contributed by atoms with Gasteiger partial charge in [-0.3, -0.25) is 9.78 Å². The van der Waals surface area contributed by atoms with Gasteiger partial charge in [0.25, 0.3) is 0 Å². The second-order valence-corrected chi connectivity index (χ2v) is 5.60. The van der Waals surface area contributed by atoms with Crippen molar-refractivity contribution in [1.82, 2.24) is 20.0 Å². The molecule has 0 aliphatic rings. The van der Waals surface area contributed by atoms with E-state index in [0.29, 0.717) is 11.4 Å². The summed E-state index contributed by atoms with van der Waals surface area (Å²) in [7, 11) is 0. The largest absolute Gasteiger partial charge is 0.457 e. The van der Waals surface area contributed by atoms with Gasteiger partial charge in [0.15, 0.2) is 0 Å². The minimum Gasteiger partial charge on any atom is -0.457 e. The molecule has 26 heavy (non-hydrogen) atoms. The number of rotatable bonds is 5. The Labute approximate surface area is 149 Å². The van der Waals surface area contributed by atoms with E-state index >= 15 is 0 Å². The zero-order chi connectivity index (χ0) is 17.8. The Hall–Kier alpha value is -3.74. The Morgan fingerprint density at radius 2 is 1.88 bits per heavy atom. The molecule has 1 N–H and O–H groups in total. The molecule has 1 amide bonds. The number of nitrogens with one attached hydrogen (secondary N) is 1. The maximum absolute atomic E-state index is 12.0. The zero-order valence-electron chi connectivity index (χ0n) is 13.7. The fourth-order valence-electron chi connectivity index (χ4n) is 2.56. The van der Waals surface area contributed by atoms with Crippen LogP contribution in [0, 0.1) is 0 Å². The van der Waals surface area contributed by atoms with Crippen LogP contribution < -0.4 is 10.1 Å². The number of ether oxygens (including phenoxy) is 1. The van der Waals surface area contributed by atoms with E-state index in [1.807, 2.05) is 30.3 Å². The normalized spacial score (nSPS) is 10.6. The molecule has 0 bridgehead atoms. The summed E-state index contributed by atoms with van der Waals surface area (Å²) >= 11 is 0. The number of carbonyl (C=O) groups is 1. The minimum atomic E-state index is -0.177. The molecule has 7 heteroatoms. The standard InChI is InChI=1S/C19H15N5O2/c25-19(13-24-12-11-21-23-24)22-14-5-7-15(8-6-14)26-18-9-10-20-17-4-2-1-3-16(17)18/h1-12H,13H2,(H,22,25). The fraction of sp³-hybridized carbons (Fsp3) is 0.0526. The Morgan fingerprint density at radius 1 is 1.04 bits per heavy atom. The molecular formula is C19H15N5O2. The van der Waals surface area contributed by atoms with E-state index in [9.17, 15) is 4.79 Å². The third-order valence-electron chi connectivity index (χ3n) is 3.75. The third-order valence-corrected chi connectivity index (χ3v) is 3.75. The van der Waals surface area contributed by atoms with E-state index in [1.165, 1.54) is 10.9 Å². The first-order valence-corrected chi connectivity index (χ1v) is 8.03. The van der Waals surface area contributed by atoms with Gasteiger partial charge in [-0.1, -0.05) is 17.3 Å². The van der Waals surface area contributed by atoms with Crippen LogP contribution >= 0.6 is 0 Å². The van der Waals surface area contributed by atoms with Crippen LogP contribution in [0.1, 0.15) is 0 Å². The minimum absolute atomic E-state index is 0.112. The van der Waals surface area contributed by atoms with E-state index in [-0.39, 0.29) is 12.5 Å². The lowest BCUT2D eigenvalue weighted by Gasteiger charge is -2.10. The van der Waals surface area contributed by atoms with E-state index in [4.69, 9.17) is 4.74 Å². The van der Waals surface area contributed by atoms with Crippen molar-refractivity contribution >= 4 is 22.5 Å². The summed E-state index contributed by atoms with van der Waals surface area (Å²) in [6, 6.07) is 16.8. The van der Waals surface area contributed by atoms with Crippen molar-refractivity contribution in [2.45, 2.75) is 6.54 Å². The molecule has 0 saturated heterocycles. The lowest BCUT2D eigenvalue weighted by Crippen LogP contribution is -2.19. The van der Waals surface area contributed by atoms with Gasteiger partial charge in [-0.2, -0.15) is 0 Å². The molecule has 0 spiro atoms. The van der Waals surface area contributed by atoms with Gasteiger partial charge in [0.05, 0.1) is 11.7 Å². The van der Waals surface area contributed by atoms with Crippen LogP contribution in [0.25, 0.3) is 10.9 Å². The first-order chi connectivity index (χ1) is 12.8. The summed E-state index contributed by atoms with van der Waals surface area (Å²) in [5.41, 5.74) is 1.56. The summed E-state index contributed by atoms with van der Waals surface area (Å²) in [5, 5.41) is 11.2. The van der Waals surface area contributed by atoms with Crippen LogP contribution in [-0.2, 0) is 11.3 Å². The monoisotopic (exact) mass is 345 g/mol. The van der Waals surface area contributed by atoms with Crippen molar-refractivity contribution in [2.24, 2.45) is 0 Å². The highest BCUT2D eigenvalue weighted by molar-refractivity contribution is 5.90. The number of aromatic nitrogens is 4. The number of benzene rings is 2. The van der Waals surface area contributed by atoms with Gasteiger partial charge in [-0.25, -0.2) is 4.68 Å². The number of pyridine rings is 1. The van der Waals surface area contributed by atoms with Crippen molar-refractivity contribution in [3.63, 3.8) is 0 Å². The number of carbonyl (C=O) groups excluding carboxylic acids is 1. The van der Waals surface area contributed by atoms with Crippen LogP contribution in [0.15, 0.2) is 73.2 Å². The molecule has 128 valence electrons. The SMILES string of the molecule is O=C(Cn1ccnn1)Nc1ccc(Oc2ccnc3ccccc23)cc1. The molecule has 0 aliphatic heterocycles. The second-order valence-electron chi connectivity index (χ2n) is 5.60. The molecule has 2 aromatic carbocycles. The number of amides is 1. The first-order valence-electron chi connectivity index (χ1n) is 8.03. The van der Waals surface area contributed by atoms with Gasteiger partial charge in [0.2, 0.25) is 5.91 Å². The molecule has 7 nitrogen and oxygen atoms in total. The van der Waals surface area contributed by atoms with Crippen molar-refractivity contribution in [2.75, 3.05) is 5.32 Å². The van der Waals surface area contributed by atoms with E-state index in [1.54, 1.807) is 36.7 Å². The second kappa shape index (κ2) is 7.02. The maximum Gasteiger partial charge on any atom is 0.246 e. The quantitative estimate of drug-likeness (QED) is 0.600. The van der Waals surface area contributed by atoms with Gasteiger partial charge < -0.3 is 10.1 Å². The van der Waals surface area contributed by atoms with Gasteiger partial charge in [-0.15, -0.1) is 5.10 Å². The highest BCUT2D eigenvalue weighted by Gasteiger charge is 2.06. The van der Waals surface area contributed by atoms with E-state index in [2.05, 4.69) is 20.6 Å². The average Bonchev–Trinajstić information content (AvgIpc) is 3.16. The van der Waals surface area contributed by atoms with Gasteiger partial charge >= 0.3 is 0 Å². The smallest absolute Gasteiger partial charge is 0.246 e. The highest BCUT2D eigenvalue weighted by atomic mass is 16.5. The fourth-order valence-corrected chi connectivity index (χ4v) is 2.56. The molecule has 4 aromatic rings. The molecular weight excluding hydrogens is 330 g/mol. The lowest BCUT2D eigenvalue weighted by molar-refractivity contribution is -0.116. The van der Waals surface area contributed by atoms with Crippen molar-refractivity contribution in [3.8, 4) is 11.5 Å². The van der Waals surface area contributed by atoms with Crippen LogP contribution in [0.5, 0.6) is 11.5 Å². The molecule has 0 aliphatic carbocycles. The molecule has 0 fully saturated rings. The maximum atomic E-state index is 12.0. The molecule has 0 unspecified atom stereocenters. The van der Waals surface area contributed by atoms with Crippen molar-refractivity contribution in [3.05, 3.63) is 73.2 Å². The van der Waals surface area contributed by atoms with Crippen LogP contribution in [0.3, 0.4) is 0 Å². The average molecular weight is 345 g/mol. The first kappa shape index (κ1) is 15.8. The topological polar surface area (TPSA) is 81.9 Å². The van der Waals surface area contributed by atoms with Gasteiger partial charge in [0.1, 0.15) is 18.0 Å². The van der Waals surface area contributed by atoms with Gasteiger partial charge in [-0.05, 0) is 42.5 Å². The van der Waals surface area contributed by atoms with Gasteiger partial charge in [0, 0.05) is 23.5 Å². The Bertz CT molecular complexity index is 1020. The predicted octanol–water partition coefficient (Wildman–Crippen LogP) is 3.26. The summed E-state index contributed by atoms with van der Waals surface area (Å²) < 4.78 is 7.42. The van der Waals surface area contributed by atoms with E-state index < -0.39 is 0 Å². The summed E-state index contributed by atoms with van der Waals surface area (Å²) in [5.74, 6) is 1.23. The zero-order valence-corrected chi connectivity index (χ0v) is 13.7. The predicted molar refractivity (Wildman–Crippen MR) is 96.9 cm³/mol. The molecule has 4 rings (SSSR count).